The molecule has 2 aliphatic heterocycles. The summed E-state index contributed by atoms with van der Waals surface area (Å²) in [4.78, 5) is 36.3. The smallest absolute Gasteiger partial charge is 0.306 e. The van der Waals surface area contributed by atoms with Crippen LogP contribution in [0.1, 0.15) is 30.7 Å². The molecule has 2 heterocycles. The van der Waals surface area contributed by atoms with Crippen LogP contribution in [0.5, 0.6) is 11.5 Å². The average molecular weight is 493 g/mol. The Balaban J connectivity index is 1.78. The van der Waals surface area contributed by atoms with Gasteiger partial charge in [0.05, 0.1) is 39.2 Å². The van der Waals surface area contributed by atoms with Crippen molar-refractivity contribution in [2.45, 2.75) is 25.2 Å². The Morgan fingerprint density at radius 3 is 2.44 bits per heavy atom. The highest BCUT2D eigenvalue weighted by Gasteiger charge is 2.43. The lowest BCUT2D eigenvalue weighted by molar-refractivity contribution is -0.387. The minimum absolute atomic E-state index is 0.0243. The molecular formula is C23H16FN5O7. The fourth-order valence-electron chi connectivity index (χ4n) is 4.81. The highest BCUT2D eigenvalue weighted by Crippen LogP contribution is 2.50. The van der Waals surface area contributed by atoms with Crippen molar-refractivity contribution in [2.75, 3.05) is 11.7 Å². The van der Waals surface area contributed by atoms with Crippen LogP contribution in [0, 0.1) is 37.4 Å². The van der Waals surface area contributed by atoms with E-state index in [1.807, 2.05) is 6.07 Å². The molecule has 12 nitrogen and oxygen atoms in total. The Morgan fingerprint density at radius 1 is 1.08 bits per heavy atom. The summed E-state index contributed by atoms with van der Waals surface area (Å²) in [6.07, 6.45) is 0.840. The van der Waals surface area contributed by atoms with E-state index in [4.69, 9.17) is 15.2 Å². The number of benzene rings is 2. The Kier molecular flexibility index (Phi) is 5.28. The largest absolute Gasteiger partial charge is 0.454 e. The molecule has 1 aliphatic carbocycles. The first-order chi connectivity index (χ1) is 17.2. The first-order valence-corrected chi connectivity index (χ1v) is 10.7. The van der Waals surface area contributed by atoms with Crippen LogP contribution in [-0.2, 0) is 4.79 Å². The number of nitrogens with zero attached hydrogens (tertiary/aromatic N) is 4. The third-order valence-corrected chi connectivity index (χ3v) is 6.33. The zero-order valence-electron chi connectivity index (χ0n) is 18.4. The maximum absolute atomic E-state index is 14.0. The predicted molar refractivity (Wildman–Crippen MR) is 120 cm³/mol. The van der Waals surface area contributed by atoms with Crippen LogP contribution in [-0.4, -0.2) is 22.4 Å². The molecule has 13 heteroatoms. The van der Waals surface area contributed by atoms with Crippen LogP contribution < -0.4 is 20.1 Å². The lowest BCUT2D eigenvalue weighted by Crippen LogP contribution is -2.38. The van der Waals surface area contributed by atoms with E-state index in [1.54, 1.807) is 0 Å². The number of Topliss-reactive ketones (excluding diaryl/α,β-unsaturated/α-hetero) is 1. The Morgan fingerprint density at radius 2 is 1.78 bits per heavy atom. The number of nitro groups is 2. The van der Waals surface area contributed by atoms with Gasteiger partial charge in [-0.15, -0.1) is 0 Å². The third-order valence-electron chi connectivity index (χ3n) is 6.33. The molecule has 1 atom stereocenters. The zero-order valence-corrected chi connectivity index (χ0v) is 18.4. The van der Waals surface area contributed by atoms with Crippen LogP contribution in [0.2, 0.25) is 0 Å². The van der Waals surface area contributed by atoms with Crippen LogP contribution in [0.3, 0.4) is 0 Å². The van der Waals surface area contributed by atoms with Gasteiger partial charge in [0.25, 0.3) is 5.69 Å². The van der Waals surface area contributed by atoms with Crippen molar-refractivity contribution in [1.29, 1.82) is 5.26 Å². The molecule has 0 radical (unpaired) electrons. The number of hydrogen-bond donors (Lipinski definition) is 1. The summed E-state index contributed by atoms with van der Waals surface area (Å²) < 4.78 is 24.6. The molecule has 0 amide bonds. The summed E-state index contributed by atoms with van der Waals surface area (Å²) in [5, 5.41) is 33.4. The van der Waals surface area contributed by atoms with Crippen LogP contribution in [0.15, 0.2) is 53.0 Å². The van der Waals surface area contributed by atoms with Crippen molar-refractivity contribution in [2.24, 2.45) is 5.73 Å². The Bertz CT molecular complexity index is 1480. The van der Waals surface area contributed by atoms with Gasteiger partial charge in [-0.3, -0.25) is 29.9 Å². The van der Waals surface area contributed by atoms with Crippen molar-refractivity contribution in [3.8, 4) is 17.6 Å². The van der Waals surface area contributed by atoms with Crippen molar-refractivity contribution in [3.05, 3.63) is 84.6 Å². The number of nitrogens with two attached hydrogens (primary N) is 1. The summed E-state index contributed by atoms with van der Waals surface area (Å²) in [5.41, 5.74) is 5.58. The van der Waals surface area contributed by atoms with Gasteiger partial charge < -0.3 is 15.2 Å². The van der Waals surface area contributed by atoms with Crippen molar-refractivity contribution < 1.29 is 28.5 Å². The number of halogens is 1. The molecule has 0 spiro atoms. The quantitative estimate of drug-likeness (QED) is 0.488. The van der Waals surface area contributed by atoms with Gasteiger partial charge in [0.2, 0.25) is 12.6 Å². The van der Waals surface area contributed by atoms with E-state index in [9.17, 15) is 34.7 Å². The second-order valence-electron chi connectivity index (χ2n) is 8.23. The molecule has 0 saturated heterocycles. The Labute approximate surface area is 201 Å². The number of nitro benzene ring substituents is 2. The summed E-state index contributed by atoms with van der Waals surface area (Å²) >= 11 is 0. The van der Waals surface area contributed by atoms with Gasteiger partial charge in [-0.2, -0.15) is 9.65 Å². The van der Waals surface area contributed by atoms with Gasteiger partial charge in [0.1, 0.15) is 5.82 Å². The number of hydrogen-bond acceptors (Lipinski definition) is 10. The highest BCUT2D eigenvalue weighted by molar-refractivity contribution is 6.01. The fraction of sp³-hybridized carbons (Fsp3) is 0.217. The third kappa shape index (κ3) is 3.38. The molecule has 0 aromatic heterocycles. The van der Waals surface area contributed by atoms with E-state index < -0.39 is 27.3 Å². The van der Waals surface area contributed by atoms with E-state index in [1.165, 1.54) is 23.1 Å². The molecular weight excluding hydrogens is 477 g/mol. The number of rotatable bonds is 4. The molecule has 182 valence electrons. The molecule has 2 N–H and O–H groups in total. The maximum Gasteiger partial charge on any atom is 0.306 e. The maximum atomic E-state index is 14.0. The van der Waals surface area contributed by atoms with Gasteiger partial charge in [0, 0.05) is 29.3 Å². The zero-order chi connectivity index (χ0) is 25.7. The van der Waals surface area contributed by atoms with Crippen molar-refractivity contribution in [3.63, 3.8) is 0 Å². The minimum Gasteiger partial charge on any atom is -0.454 e. The number of fused-ring (bicyclic) bond motifs is 1. The first-order valence-electron chi connectivity index (χ1n) is 10.7. The summed E-state index contributed by atoms with van der Waals surface area (Å²) in [6.45, 7) is -0.145. The van der Waals surface area contributed by atoms with Crippen molar-refractivity contribution in [1.82, 2.24) is 0 Å². The number of carbonyl (C=O) groups is 1. The monoisotopic (exact) mass is 493 g/mol. The molecule has 0 fully saturated rings. The van der Waals surface area contributed by atoms with E-state index in [-0.39, 0.29) is 64.4 Å². The topological polar surface area (TPSA) is 175 Å². The molecule has 0 unspecified atom stereocenters. The van der Waals surface area contributed by atoms with Gasteiger partial charge in [-0.1, -0.05) is 0 Å². The normalized spacial score (nSPS) is 18.7. The van der Waals surface area contributed by atoms with Crippen molar-refractivity contribution >= 4 is 22.8 Å². The standard InChI is InChI=1S/C23H16FN5O7/c24-14-5-4-11(6-17(14)29(33)34)27-15-2-1-3-18(30)22(15)21(13(9-25)23(27)26)12-7-19-20(36-10-35-19)8-16(12)28(31)32/h4-8,21H,1-3,10,26H2/t21-/m0/s1. The number of ether oxygens (including phenoxy) is 2. The van der Waals surface area contributed by atoms with E-state index in [0.29, 0.717) is 18.5 Å². The molecule has 0 saturated carbocycles. The molecule has 0 bridgehead atoms. The molecule has 2 aromatic rings. The predicted octanol–water partition coefficient (Wildman–Crippen LogP) is 3.68. The number of carbonyl (C=O) groups excluding carboxylic acids is 1. The highest BCUT2D eigenvalue weighted by atomic mass is 19.1. The molecule has 2 aromatic carbocycles. The van der Waals surface area contributed by atoms with Gasteiger partial charge >= 0.3 is 5.69 Å². The number of ketones is 1. The Hall–Kier alpha value is -4.99. The lowest BCUT2D eigenvalue weighted by atomic mass is 9.75. The second-order valence-corrected chi connectivity index (χ2v) is 8.23. The molecule has 3 aliphatic rings. The average Bonchev–Trinajstić information content (AvgIpc) is 3.31. The SMILES string of the molecule is N#CC1=C(N)N(c2ccc(F)c([N+](=O)[O-])c2)C2=C(C(=O)CCC2)[C@H]1c1cc2c(cc1[N+](=O)[O-])OCO2. The van der Waals surface area contributed by atoms with E-state index in [0.717, 1.165) is 12.1 Å². The van der Waals surface area contributed by atoms with Gasteiger partial charge in [-0.25, -0.2) is 0 Å². The molecule has 5 rings (SSSR count). The minimum atomic E-state index is -1.18. The number of anilines is 1. The summed E-state index contributed by atoms with van der Waals surface area (Å²) in [6, 6.07) is 7.60. The van der Waals surface area contributed by atoms with E-state index in [2.05, 4.69) is 0 Å². The summed E-state index contributed by atoms with van der Waals surface area (Å²) in [7, 11) is 0. The fourth-order valence-corrected chi connectivity index (χ4v) is 4.81. The number of allylic oxidation sites excluding steroid dienone is 3. The van der Waals surface area contributed by atoms with Gasteiger partial charge in [0.15, 0.2) is 17.3 Å². The second kappa shape index (κ2) is 8.35. The van der Waals surface area contributed by atoms with Crippen LogP contribution >= 0.6 is 0 Å². The van der Waals surface area contributed by atoms with Gasteiger partial charge in [-0.05, 0) is 31.0 Å². The van der Waals surface area contributed by atoms with Crippen LogP contribution in [0.25, 0.3) is 0 Å². The number of nitriles is 1. The van der Waals surface area contributed by atoms with Crippen LogP contribution in [0.4, 0.5) is 21.5 Å². The van der Waals surface area contributed by atoms with E-state index >= 15 is 0 Å². The summed E-state index contributed by atoms with van der Waals surface area (Å²) in [5.74, 6) is -2.40. The first kappa shape index (κ1) is 22.8. The lowest BCUT2D eigenvalue weighted by Gasteiger charge is -2.39. The molecule has 36 heavy (non-hydrogen) atoms.